The van der Waals surface area contributed by atoms with Gasteiger partial charge in [0.2, 0.25) is 0 Å². The first-order valence-electron chi connectivity index (χ1n) is 7.57. The van der Waals surface area contributed by atoms with Gasteiger partial charge in [-0.2, -0.15) is 5.26 Å². The summed E-state index contributed by atoms with van der Waals surface area (Å²) < 4.78 is 5.92. The van der Waals surface area contributed by atoms with Crippen LogP contribution in [0.4, 0.5) is 5.69 Å². The average molecular weight is 286 g/mol. The number of nitrogens with zero attached hydrogens (tertiary/aromatic N) is 1. The standard InChI is InChI=1S/C17H22N2O2/c1-12-7-3-6-10-16(12)21-13(2)17(20)19-15-9-5-4-8-14(15)11-18/h4-5,8-9,12-13,16H,3,6-7,10H2,1-2H3,(H,19,20). The van der Waals surface area contributed by atoms with Crippen molar-refractivity contribution >= 4 is 11.6 Å². The second kappa shape index (κ2) is 7.24. The quantitative estimate of drug-likeness (QED) is 0.921. The molecule has 0 saturated heterocycles. The van der Waals surface area contributed by atoms with Gasteiger partial charge < -0.3 is 10.1 Å². The number of carbonyl (C=O) groups excluding carboxylic acids is 1. The maximum absolute atomic E-state index is 12.2. The monoisotopic (exact) mass is 286 g/mol. The second-order valence-corrected chi connectivity index (χ2v) is 5.73. The molecule has 2 rings (SSSR count). The molecule has 0 bridgehead atoms. The highest BCUT2D eigenvalue weighted by Gasteiger charge is 2.26. The van der Waals surface area contributed by atoms with Crippen LogP contribution in [0.3, 0.4) is 0 Å². The number of ether oxygens (including phenoxy) is 1. The Morgan fingerprint density at radius 3 is 2.81 bits per heavy atom. The van der Waals surface area contributed by atoms with E-state index in [-0.39, 0.29) is 12.0 Å². The summed E-state index contributed by atoms with van der Waals surface area (Å²) in [6.45, 7) is 3.95. The van der Waals surface area contributed by atoms with Crippen LogP contribution in [-0.4, -0.2) is 18.1 Å². The van der Waals surface area contributed by atoms with Crippen molar-refractivity contribution in [1.82, 2.24) is 0 Å². The van der Waals surface area contributed by atoms with Gasteiger partial charge in [-0.15, -0.1) is 0 Å². The van der Waals surface area contributed by atoms with E-state index >= 15 is 0 Å². The molecule has 1 saturated carbocycles. The van der Waals surface area contributed by atoms with Gasteiger partial charge in [0.25, 0.3) is 5.91 Å². The van der Waals surface area contributed by atoms with E-state index in [0.29, 0.717) is 17.2 Å². The van der Waals surface area contributed by atoms with E-state index in [4.69, 9.17) is 10.00 Å². The van der Waals surface area contributed by atoms with Gasteiger partial charge in [-0.25, -0.2) is 0 Å². The van der Waals surface area contributed by atoms with Crippen LogP contribution < -0.4 is 5.32 Å². The van der Waals surface area contributed by atoms with Crippen LogP contribution in [0.15, 0.2) is 24.3 Å². The fourth-order valence-electron chi connectivity index (χ4n) is 2.73. The zero-order valence-electron chi connectivity index (χ0n) is 12.6. The van der Waals surface area contributed by atoms with Gasteiger partial charge in [-0.1, -0.05) is 31.9 Å². The highest BCUT2D eigenvalue weighted by molar-refractivity contribution is 5.95. The van der Waals surface area contributed by atoms with Crippen molar-refractivity contribution < 1.29 is 9.53 Å². The van der Waals surface area contributed by atoms with E-state index in [1.54, 1.807) is 31.2 Å². The molecule has 1 aromatic rings. The second-order valence-electron chi connectivity index (χ2n) is 5.73. The molecule has 0 aliphatic heterocycles. The topological polar surface area (TPSA) is 62.1 Å². The van der Waals surface area contributed by atoms with E-state index in [1.807, 2.05) is 0 Å². The fraction of sp³-hybridized carbons (Fsp3) is 0.529. The van der Waals surface area contributed by atoms with Crippen LogP contribution in [0.2, 0.25) is 0 Å². The molecule has 1 aliphatic rings. The smallest absolute Gasteiger partial charge is 0.253 e. The van der Waals surface area contributed by atoms with Crippen LogP contribution >= 0.6 is 0 Å². The first kappa shape index (κ1) is 15.5. The number of para-hydroxylation sites is 1. The summed E-state index contributed by atoms with van der Waals surface area (Å²) in [5.41, 5.74) is 1.00. The Kier molecular flexibility index (Phi) is 5.35. The molecule has 0 radical (unpaired) electrons. The average Bonchev–Trinajstić information content (AvgIpc) is 2.50. The maximum atomic E-state index is 12.2. The first-order chi connectivity index (χ1) is 10.1. The van der Waals surface area contributed by atoms with Crippen LogP contribution in [0, 0.1) is 17.2 Å². The number of benzene rings is 1. The van der Waals surface area contributed by atoms with Gasteiger partial charge >= 0.3 is 0 Å². The van der Waals surface area contributed by atoms with Crippen molar-refractivity contribution in [2.75, 3.05) is 5.32 Å². The third-order valence-electron chi connectivity index (χ3n) is 4.09. The highest BCUT2D eigenvalue weighted by Crippen LogP contribution is 2.27. The lowest BCUT2D eigenvalue weighted by Crippen LogP contribution is -2.35. The van der Waals surface area contributed by atoms with Crippen LogP contribution in [0.5, 0.6) is 0 Å². The molecule has 1 fully saturated rings. The van der Waals surface area contributed by atoms with Crippen molar-refractivity contribution in [3.63, 3.8) is 0 Å². The van der Waals surface area contributed by atoms with Crippen molar-refractivity contribution in [2.24, 2.45) is 5.92 Å². The van der Waals surface area contributed by atoms with E-state index in [0.717, 1.165) is 12.8 Å². The summed E-state index contributed by atoms with van der Waals surface area (Å²) in [5, 5.41) is 11.8. The number of anilines is 1. The number of nitrogens with one attached hydrogen (secondary N) is 1. The molecule has 3 unspecified atom stereocenters. The molecule has 4 heteroatoms. The number of carbonyl (C=O) groups is 1. The number of rotatable bonds is 4. The molecular formula is C17H22N2O2. The van der Waals surface area contributed by atoms with Gasteiger partial charge in [-0.3, -0.25) is 4.79 Å². The molecule has 1 aromatic carbocycles. The Hall–Kier alpha value is -1.86. The molecule has 0 aromatic heterocycles. The Balaban J connectivity index is 1.95. The number of hydrogen-bond donors (Lipinski definition) is 1. The predicted molar refractivity (Wildman–Crippen MR) is 81.8 cm³/mol. The third-order valence-corrected chi connectivity index (χ3v) is 4.09. The molecule has 1 amide bonds. The summed E-state index contributed by atoms with van der Waals surface area (Å²) in [4.78, 5) is 12.2. The van der Waals surface area contributed by atoms with E-state index in [1.165, 1.54) is 12.8 Å². The van der Waals surface area contributed by atoms with E-state index in [9.17, 15) is 4.79 Å². The van der Waals surface area contributed by atoms with Gasteiger partial charge in [0, 0.05) is 0 Å². The summed E-state index contributed by atoms with van der Waals surface area (Å²) >= 11 is 0. The van der Waals surface area contributed by atoms with E-state index in [2.05, 4.69) is 18.3 Å². The summed E-state index contributed by atoms with van der Waals surface area (Å²) in [6, 6.07) is 9.06. The zero-order chi connectivity index (χ0) is 15.2. The molecular weight excluding hydrogens is 264 g/mol. The maximum Gasteiger partial charge on any atom is 0.253 e. The molecule has 0 spiro atoms. The third kappa shape index (κ3) is 4.05. The minimum absolute atomic E-state index is 0.158. The number of hydrogen-bond acceptors (Lipinski definition) is 3. The molecule has 4 nitrogen and oxygen atoms in total. The Bertz CT molecular complexity index is 536. The lowest BCUT2D eigenvalue weighted by Gasteiger charge is -2.30. The molecule has 1 aliphatic carbocycles. The SMILES string of the molecule is CC(OC1CCCCC1C)C(=O)Nc1ccccc1C#N. The highest BCUT2D eigenvalue weighted by atomic mass is 16.5. The lowest BCUT2D eigenvalue weighted by molar-refractivity contribution is -0.133. The summed E-state index contributed by atoms with van der Waals surface area (Å²) in [5.74, 6) is 0.302. The molecule has 3 atom stereocenters. The van der Waals surface area contributed by atoms with E-state index < -0.39 is 6.10 Å². The van der Waals surface area contributed by atoms with Crippen molar-refractivity contribution in [3.05, 3.63) is 29.8 Å². The van der Waals surface area contributed by atoms with Gasteiger partial charge in [-0.05, 0) is 37.8 Å². The normalized spacial score (nSPS) is 23.1. The molecule has 1 N–H and O–H groups in total. The summed E-state index contributed by atoms with van der Waals surface area (Å²) in [7, 11) is 0. The Labute approximate surface area is 126 Å². The van der Waals surface area contributed by atoms with Crippen LogP contribution in [0.25, 0.3) is 0 Å². The van der Waals surface area contributed by atoms with Gasteiger partial charge in [0.1, 0.15) is 12.2 Å². The number of nitriles is 1. The van der Waals surface area contributed by atoms with Crippen molar-refractivity contribution in [1.29, 1.82) is 5.26 Å². The first-order valence-corrected chi connectivity index (χ1v) is 7.57. The van der Waals surface area contributed by atoms with Crippen LogP contribution in [-0.2, 0) is 9.53 Å². The minimum Gasteiger partial charge on any atom is -0.365 e. The molecule has 21 heavy (non-hydrogen) atoms. The van der Waals surface area contributed by atoms with Crippen LogP contribution in [0.1, 0.15) is 45.1 Å². The zero-order valence-corrected chi connectivity index (χ0v) is 12.6. The summed E-state index contributed by atoms with van der Waals surface area (Å²) in [6.07, 6.45) is 4.25. The Morgan fingerprint density at radius 1 is 1.38 bits per heavy atom. The molecule has 112 valence electrons. The van der Waals surface area contributed by atoms with Gasteiger partial charge in [0.15, 0.2) is 0 Å². The number of amides is 1. The van der Waals surface area contributed by atoms with Crippen molar-refractivity contribution in [2.45, 2.75) is 51.7 Å². The lowest BCUT2D eigenvalue weighted by atomic mass is 9.88. The van der Waals surface area contributed by atoms with Crippen molar-refractivity contribution in [3.8, 4) is 6.07 Å². The Morgan fingerprint density at radius 2 is 2.10 bits per heavy atom. The largest absolute Gasteiger partial charge is 0.365 e. The minimum atomic E-state index is -0.512. The predicted octanol–water partition coefficient (Wildman–Crippen LogP) is 3.48. The molecule has 0 heterocycles. The fourth-order valence-corrected chi connectivity index (χ4v) is 2.73. The van der Waals surface area contributed by atoms with Gasteiger partial charge in [0.05, 0.1) is 17.4 Å².